The number of hydrogen-bond acceptors (Lipinski definition) is 2. The number of halogens is 4. The van der Waals surface area contributed by atoms with Crippen LogP contribution in [0.25, 0.3) is 0 Å². The monoisotopic (exact) mass is 391 g/mol. The summed E-state index contributed by atoms with van der Waals surface area (Å²) in [5, 5.41) is 0. The van der Waals surface area contributed by atoms with Crippen molar-refractivity contribution in [2.75, 3.05) is 5.73 Å². The highest BCUT2D eigenvalue weighted by atomic mass is 79.9. The quantitative estimate of drug-likeness (QED) is 0.771. The van der Waals surface area contributed by atoms with Crippen LogP contribution in [0.2, 0.25) is 0 Å². The number of nitrogens with two attached hydrogens (primary N) is 1. The Balaban J connectivity index is 2.24. The van der Waals surface area contributed by atoms with Gasteiger partial charge in [0.15, 0.2) is 11.6 Å². The van der Waals surface area contributed by atoms with Gasteiger partial charge in [0.05, 0.1) is 4.47 Å². The van der Waals surface area contributed by atoms with Crippen LogP contribution < -0.4 is 10.5 Å². The van der Waals surface area contributed by atoms with E-state index >= 15 is 0 Å². The van der Waals surface area contributed by atoms with E-state index in [1.165, 1.54) is 0 Å². The minimum Gasteiger partial charge on any atom is -0.485 e. The van der Waals surface area contributed by atoms with Crippen molar-refractivity contribution < 1.29 is 13.5 Å². The van der Waals surface area contributed by atoms with E-state index in [1.807, 2.05) is 6.07 Å². The van der Waals surface area contributed by atoms with Gasteiger partial charge in [0, 0.05) is 21.8 Å². The van der Waals surface area contributed by atoms with Crippen LogP contribution in [0.3, 0.4) is 0 Å². The molecule has 2 aromatic rings. The zero-order valence-corrected chi connectivity index (χ0v) is 12.8. The Morgan fingerprint density at radius 2 is 1.84 bits per heavy atom. The van der Waals surface area contributed by atoms with Gasteiger partial charge in [0.1, 0.15) is 12.4 Å². The Hall–Kier alpha value is -1.14. The van der Waals surface area contributed by atoms with Crippen molar-refractivity contribution in [1.29, 1.82) is 0 Å². The minimum absolute atomic E-state index is 0.0449. The van der Waals surface area contributed by atoms with Crippen molar-refractivity contribution in [3.63, 3.8) is 0 Å². The predicted octanol–water partition coefficient (Wildman–Crippen LogP) is 4.65. The molecule has 0 radical (unpaired) electrons. The van der Waals surface area contributed by atoms with Crippen LogP contribution in [0.5, 0.6) is 5.75 Å². The van der Waals surface area contributed by atoms with E-state index in [0.717, 1.165) is 16.6 Å². The molecule has 0 amide bonds. The number of nitrogen functional groups attached to an aromatic ring is 1. The zero-order chi connectivity index (χ0) is 14.0. The first-order valence-corrected chi connectivity index (χ1v) is 6.88. The summed E-state index contributed by atoms with van der Waals surface area (Å²) in [6, 6.07) is 7.23. The first-order chi connectivity index (χ1) is 8.99. The normalized spacial score (nSPS) is 10.5. The van der Waals surface area contributed by atoms with Crippen LogP contribution >= 0.6 is 31.9 Å². The molecule has 19 heavy (non-hydrogen) atoms. The van der Waals surface area contributed by atoms with Crippen LogP contribution in [0.4, 0.5) is 14.5 Å². The first-order valence-electron chi connectivity index (χ1n) is 5.29. The Morgan fingerprint density at radius 1 is 1.11 bits per heavy atom. The average Bonchev–Trinajstić information content (AvgIpc) is 2.31. The van der Waals surface area contributed by atoms with E-state index in [-0.39, 0.29) is 16.8 Å². The molecule has 0 aliphatic carbocycles. The molecular weight excluding hydrogens is 384 g/mol. The highest BCUT2D eigenvalue weighted by Crippen LogP contribution is 2.31. The fourth-order valence-corrected chi connectivity index (χ4v) is 2.56. The third-order valence-corrected chi connectivity index (χ3v) is 3.81. The summed E-state index contributed by atoms with van der Waals surface area (Å²) in [5.41, 5.74) is 7.05. The smallest absolute Gasteiger partial charge is 0.169 e. The molecular formula is C13H9Br2F2NO. The highest BCUT2D eigenvalue weighted by molar-refractivity contribution is 9.10. The molecule has 2 aromatic carbocycles. The SMILES string of the molecule is Nc1cccc(Br)c1COc1c(F)cc(F)cc1Br. The summed E-state index contributed by atoms with van der Waals surface area (Å²) in [7, 11) is 0. The lowest BCUT2D eigenvalue weighted by molar-refractivity contribution is 0.287. The van der Waals surface area contributed by atoms with Gasteiger partial charge in [-0.3, -0.25) is 0 Å². The summed E-state index contributed by atoms with van der Waals surface area (Å²) in [6.07, 6.45) is 0. The second-order valence-electron chi connectivity index (χ2n) is 3.79. The molecule has 100 valence electrons. The van der Waals surface area contributed by atoms with Crippen molar-refractivity contribution in [2.24, 2.45) is 0 Å². The Bertz CT molecular complexity index is 576. The lowest BCUT2D eigenvalue weighted by Gasteiger charge is -2.12. The second kappa shape index (κ2) is 5.88. The van der Waals surface area contributed by atoms with Gasteiger partial charge in [-0.1, -0.05) is 22.0 Å². The summed E-state index contributed by atoms with van der Waals surface area (Å²) < 4.78 is 32.9. The molecule has 0 aliphatic rings. The van der Waals surface area contributed by atoms with E-state index in [9.17, 15) is 8.78 Å². The van der Waals surface area contributed by atoms with Crippen molar-refractivity contribution in [1.82, 2.24) is 0 Å². The van der Waals surface area contributed by atoms with Crippen LogP contribution in [-0.2, 0) is 6.61 Å². The number of ether oxygens (including phenoxy) is 1. The summed E-state index contributed by atoms with van der Waals surface area (Å²) >= 11 is 6.40. The van der Waals surface area contributed by atoms with Gasteiger partial charge in [-0.15, -0.1) is 0 Å². The van der Waals surface area contributed by atoms with Gasteiger partial charge < -0.3 is 10.5 Å². The average molecular weight is 393 g/mol. The number of benzene rings is 2. The van der Waals surface area contributed by atoms with Gasteiger partial charge in [0.2, 0.25) is 0 Å². The maximum atomic E-state index is 13.6. The predicted molar refractivity (Wildman–Crippen MR) is 76.9 cm³/mol. The van der Waals surface area contributed by atoms with Crippen molar-refractivity contribution in [3.05, 3.63) is 56.5 Å². The Labute approximate surface area is 125 Å². The molecule has 0 aliphatic heterocycles. The van der Waals surface area contributed by atoms with Gasteiger partial charge in [0.25, 0.3) is 0 Å². The maximum Gasteiger partial charge on any atom is 0.169 e. The van der Waals surface area contributed by atoms with E-state index in [2.05, 4.69) is 31.9 Å². The molecule has 0 heterocycles. The van der Waals surface area contributed by atoms with Gasteiger partial charge in [-0.2, -0.15) is 0 Å². The standard InChI is InChI=1S/C13H9Br2F2NO/c14-9-2-1-3-12(18)8(9)6-19-13-10(15)4-7(16)5-11(13)17/h1-5H,6,18H2. The topological polar surface area (TPSA) is 35.2 Å². The molecule has 6 heteroatoms. The molecule has 2 N–H and O–H groups in total. The van der Waals surface area contributed by atoms with Crippen LogP contribution in [-0.4, -0.2) is 0 Å². The number of rotatable bonds is 3. The fourth-order valence-electron chi connectivity index (χ4n) is 1.54. The lowest BCUT2D eigenvalue weighted by Crippen LogP contribution is -2.03. The molecule has 0 atom stereocenters. The summed E-state index contributed by atoms with van der Waals surface area (Å²) in [5.74, 6) is -1.48. The summed E-state index contributed by atoms with van der Waals surface area (Å²) in [4.78, 5) is 0. The molecule has 2 nitrogen and oxygen atoms in total. The van der Waals surface area contributed by atoms with Gasteiger partial charge in [-0.05, 0) is 34.1 Å². The molecule has 0 saturated carbocycles. The third-order valence-electron chi connectivity index (χ3n) is 2.48. The minimum atomic E-state index is -0.766. The van der Waals surface area contributed by atoms with Crippen molar-refractivity contribution in [3.8, 4) is 5.75 Å². The molecule has 0 aromatic heterocycles. The van der Waals surface area contributed by atoms with Gasteiger partial charge in [-0.25, -0.2) is 8.78 Å². The van der Waals surface area contributed by atoms with Crippen LogP contribution in [0.15, 0.2) is 39.3 Å². The molecule has 0 spiro atoms. The Morgan fingerprint density at radius 3 is 2.47 bits per heavy atom. The first kappa shape index (κ1) is 14.3. The number of anilines is 1. The van der Waals surface area contributed by atoms with Crippen LogP contribution in [0, 0.1) is 11.6 Å². The molecule has 0 bridgehead atoms. The van der Waals surface area contributed by atoms with E-state index in [1.54, 1.807) is 12.1 Å². The lowest BCUT2D eigenvalue weighted by atomic mass is 10.2. The van der Waals surface area contributed by atoms with Crippen molar-refractivity contribution >= 4 is 37.5 Å². The largest absolute Gasteiger partial charge is 0.485 e. The molecule has 0 unspecified atom stereocenters. The highest BCUT2D eigenvalue weighted by Gasteiger charge is 2.13. The molecule has 2 rings (SSSR count). The van der Waals surface area contributed by atoms with E-state index in [0.29, 0.717) is 11.3 Å². The third kappa shape index (κ3) is 3.25. The van der Waals surface area contributed by atoms with E-state index < -0.39 is 11.6 Å². The maximum absolute atomic E-state index is 13.6. The Kier molecular flexibility index (Phi) is 4.42. The number of hydrogen-bond donors (Lipinski definition) is 1. The second-order valence-corrected chi connectivity index (χ2v) is 5.50. The zero-order valence-electron chi connectivity index (χ0n) is 9.59. The molecule has 0 fully saturated rings. The van der Waals surface area contributed by atoms with Crippen molar-refractivity contribution in [2.45, 2.75) is 6.61 Å². The van der Waals surface area contributed by atoms with Crippen LogP contribution in [0.1, 0.15) is 5.56 Å². The summed E-state index contributed by atoms with van der Waals surface area (Å²) in [6.45, 7) is 0.0778. The fraction of sp³-hybridized carbons (Fsp3) is 0.0769. The van der Waals surface area contributed by atoms with Gasteiger partial charge >= 0.3 is 0 Å². The molecule has 0 saturated heterocycles. The van der Waals surface area contributed by atoms with E-state index in [4.69, 9.17) is 10.5 Å².